The molecule has 0 aromatic heterocycles. The SMILES string of the molecule is CCC(C(=O)O)N(C)CCCO. The number of aliphatic carboxylic acids is 1. The van der Waals surface area contributed by atoms with Crippen LogP contribution >= 0.6 is 0 Å². The maximum absolute atomic E-state index is 10.6. The number of hydrogen-bond donors (Lipinski definition) is 2. The smallest absolute Gasteiger partial charge is 0.320 e. The maximum atomic E-state index is 10.6. The molecule has 4 nitrogen and oxygen atoms in total. The standard InChI is InChI=1S/C8H17NO3/c1-3-7(8(11)12)9(2)5-4-6-10/h7,10H,3-6H2,1-2H3,(H,11,12). The quantitative estimate of drug-likeness (QED) is 0.604. The van der Waals surface area contributed by atoms with Gasteiger partial charge in [-0.3, -0.25) is 9.69 Å². The average Bonchev–Trinajstić information content (AvgIpc) is 2.01. The van der Waals surface area contributed by atoms with Crippen molar-refractivity contribution < 1.29 is 15.0 Å². The Bertz CT molecular complexity index is 138. The number of aliphatic hydroxyl groups is 1. The normalized spacial score (nSPS) is 13.3. The molecule has 0 saturated carbocycles. The zero-order valence-corrected chi connectivity index (χ0v) is 7.66. The van der Waals surface area contributed by atoms with Gasteiger partial charge in [0.2, 0.25) is 0 Å². The molecule has 72 valence electrons. The van der Waals surface area contributed by atoms with Crippen LogP contribution in [0.25, 0.3) is 0 Å². The molecular formula is C8H17NO3. The highest BCUT2D eigenvalue weighted by Gasteiger charge is 2.19. The van der Waals surface area contributed by atoms with Crippen molar-refractivity contribution in [3.63, 3.8) is 0 Å². The first-order valence-corrected chi connectivity index (χ1v) is 4.17. The van der Waals surface area contributed by atoms with Crippen LogP contribution in [0.15, 0.2) is 0 Å². The lowest BCUT2D eigenvalue weighted by atomic mass is 10.2. The minimum atomic E-state index is -0.794. The van der Waals surface area contributed by atoms with Crippen molar-refractivity contribution in [1.29, 1.82) is 0 Å². The molecule has 0 aliphatic carbocycles. The van der Waals surface area contributed by atoms with E-state index in [1.807, 2.05) is 6.92 Å². The summed E-state index contributed by atoms with van der Waals surface area (Å²) in [5.74, 6) is -0.794. The van der Waals surface area contributed by atoms with Crippen molar-refractivity contribution in [2.24, 2.45) is 0 Å². The van der Waals surface area contributed by atoms with E-state index < -0.39 is 12.0 Å². The summed E-state index contributed by atoms with van der Waals surface area (Å²) in [5.41, 5.74) is 0. The largest absolute Gasteiger partial charge is 0.480 e. The summed E-state index contributed by atoms with van der Waals surface area (Å²) >= 11 is 0. The fraction of sp³-hybridized carbons (Fsp3) is 0.875. The minimum Gasteiger partial charge on any atom is -0.480 e. The Morgan fingerprint density at radius 2 is 2.17 bits per heavy atom. The van der Waals surface area contributed by atoms with Crippen molar-refractivity contribution >= 4 is 5.97 Å². The average molecular weight is 175 g/mol. The Balaban J connectivity index is 3.85. The number of likely N-dealkylation sites (N-methyl/N-ethyl adjacent to an activating group) is 1. The summed E-state index contributed by atoms with van der Waals surface area (Å²) in [5, 5.41) is 17.3. The van der Waals surface area contributed by atoms with Crippen LogP contribution in [0.3, 0.4) is 0 Å². The first-order chi connectivity index (χ1) is 5.63. The number of carboxylic acids is 1. The number of rotatable bonds is 6. The number of nitrogens with zero attached hydrogens (tertiary/aromatic N) is 1. The first kappa shape index (κ1) is 11.4. The van der Waals surface area contributed by atoms with E-state index in [2.05, 4.69) is 0 Å². The lowest BCUT2D eigenvalue weighted by Gasteiger charge is -2.22. The topological polar surface area (TPSA) is 60.8 Å². The van der Waals surface area contributed by atoms with Gasteiger partial charge >= 0.3 is 5.97 Å². The van der Waals surface area contributed by atoms with Crippen molar-refractivity contribution in [2.75, 3.05) is 20.2 Å². The minimum absolute atomic E-state index is 0.112. The van der Waals surface area contributed by atoms with Crippen molar-refractivity contribution in [2.45, 2.75) is 25.8 Å². The second-order valence-corrected chi connectivity index (χ2v) is 2.82. The third kappa shape index (κ3) is 3.69. The molecule has 0 aromatic carbocycles. The van der Waals surface area contributed by atoms with Gasteiger partial charge in [-0.2, -0.15) is 0 Å². The summed E-state index contributed by atoms with van der Waals surface area (Å²) in [7, 11) is 1.76. The van der Waals surface area contributed by atoms with Gasteiger partial charge < -0.3 is 10.2 Å². The molecule has 0 amide bonds. The van der Waals surface area contributed by atoms with Crippen LogP contribution in [0.5, 0.6) is 0 Å². The summed E-state index contributed by atoms with van der Waals surface area (Å²) in [6.45, 7) is 2.58. The van der Waals surface area contributed by atoms with Gasteiger partial charge in [0, 0.05) is 13.2 Å². The predicted octanol–water partition coefficient (Wildman–Crippen LogP) is 0.164. The highest BCUT2D eigenvalue weighted by atomic mass is 16.4. The van der Waals surface area contributed by atoms with Crippen LogP contribution < -0.4 is 0 Å². The fourth-order valence-corrected chi connectivity index (χ4v) is 1.15. The molecule has 0 spiro atoms. The number of carbonyl (C=O) groups is 1. The predicted molar refractivity (Wildman–Crippen MR) is 46.0 cm³/mol. The van der Waals surface area contributed by atoms with E-state index in [9.17, 15) is 4.79 Å². The fourth-order valence-electron chi connectivity index (χ4n) is 1.15. The van der Waals surface area contributed by atoms with E-state index in [1.54, 1.807) is 11.9 Å². The van der Waals surface area contributed by atoms with E-state index in [1.165, 1.54) is 0 Å². The molecule has 0 bridgehead atoms. The molecule has 4 heteroatoms. The molecular weight excluding hydrogens is 158 g/mol. The van der Waals surface area contributed by atoms with E-state index in [0.717, 1.165) is 0 Å². The number of carboxylic acid groups (broad SMARTS) is 1. The summed E-state index contributed by atoms with van der Waals surface area (Å²) in [6.07, 6.45) is 1.22. The molecule has 0 rings (SSSR count). The van der Waals surface area contributed by atoms with E-state index >= 15 is 0 Å². The number of aliphatic hydroxyl groups excluding tert-OH is 1. The molecule has 1 atom stereocenters. The third-order valence-corrected chi connectivity index (χ3v) is 1.87. The van der Waals surface area contributed by atoms with Crippen LogP contribution in [0.2, 0.25) is 0 Å². The molecule has 0 radical (unpaired) electrons. The van der Waals surface area contributed by atoms with Crippen LogP contribution in [0, 0.1) is 0 Å². The van der Waals surface area contributed by atoms with Crippen molar-refractivity contribution in [3.05, 3.63) is 0 Å². The zero-order chi connectivity index (χ0) is 9.56. The van der Waals surface area contributed by atoms with Crippen LogP contribution in [-0.2, 0) is 4.79 Å². The van der Waals surface area contributed by atoms with Gasteiger partial charge in [-0.05, 0) is 19.9 Å². The van der Waals surface area contributed by atoms with E-state index in [4.69, 9.17) is 10.2 Å². The maximum Gasteiger partial charge on any atom is 0.320 e. The van der Waals surface area contributed by atoms with Crippen molar-refractivity contribution in [1.82, 2.24) is 4.90 Å². The number of hydrogen-bond acceptors (Lipinski definition) is 3. The second-order valence-electron chi connectivity index (χ2n) is 2.82. The third-order valence-electron chi connectivity index (χ3n) is 1.87. The molecule has 0 saturated heterocycles. The molecule has 0 heterocycles. The molecule has 12 heavy (non-hydrogen) atoms. The van der Waals surface area contributed by atoms with Gasteiger partial charge in [0.15, 0.2) is 0 Å². The van der Waals surface area contributed by atoms with Gasteiger partial charge in [0.05, 0.1) is 0 Å². The Morgan fingerprint density at radius 1 is 1.58 bits per heavy atom. The molecule has 0 aliphatic heterocycles. The first-order valence-electron chi connectivity index (χ1n) is 4.17. The van der Waals surface area contributed by atoms with E-state index in [-0.39, 0.29) is 6.61 Å². The van der Waals surface area contributed by atoms with Crippen LogP contribution in [-0.4, -0.2) is 47.3 Å². The molecule has 0 aliphatic rings. The van der Waals surface area contributed by atoms with Crippen molar-refractivity contribution in [3.8, 4) is 0 Å². The van der Waals surface area contributed by atoms with Crippen LogP contribution in [0.4, 0.5) is 0 Å². The summed E-state index contributed by atoms with van der Waals surface area (Å²) < 4.78 is 0. The van der Waals surface area contributed by atoms with Gasteiger partial charge in [-0.15, -0.1) is 0 Å². The second kappa shape index (κ2) is 5.97. The molecule has 2 N–H and O–H groups in total. The molecule has 1 unspecified atom stereocenters. The summed E-state index contributed by atoms with van der Waals surface area (Å²) in [6, 6.07) is -0.420. The zero-order valence-electron chi connectivity index (χ0n) is 7.66. The van der Waals surface area contributed by atoms with Gasteiger partial charge in [0.25, 0.3) is 0 Å². The Morgan fingerprint density at radius 3 is 2.50 bits per heavy atom. The molecule has 0 aromatic rings. The lowest BCUT2D eigenvalue weighted by molar-refractivity contribution is -0.142. The monoisotopic (exact) mass is 175 g/mol. The Kier molecular flexibility index (Phi) is 5.66. The Hall–Kier alpha value is -0.610. The van der Waals surface area contributed by atoms with Gasteiger partial charge in [0.1, 0.15) is 6.04 Å². The van der Waals surface area contributed by atoms with Gasteiger partial charge in [-0.25, -0.2) is 0 Å². The van der Waals surface area contributed by atoms with E-state index in [0.29, 0.717) is 19.4 Å². The van der Waals surface area contributed by atoms with Gasteiger partial charge in [-0.1, -0.05) is 6.92 Å². The lowest BCUT2D eigenvalue weighted by Crippen LogP contribution is -2.38. The highest BCUT2D eigenvalue weighted by molar-refractivity contribution is 5.73. The highest BCUT2D eigenvalue weighted by Crippen LogP contribution is 2.02. The van der Waals surface area contributed by atoms with Crippen LogP contribution in [0.1, 0.15) is 19.8 Å². The summed E-state index contributed by atoms with van der Waals surface area (Å²) in [4.78, 5) is 12.4. The molecule has 0 fully saturated rings. The Labute approximate surface area is 72.8 Å².